The number of hydrogen-bond donors (Lipinski definition) is 0. The fourth-order valence-corrected chi connectivity index (χ4v) is 2.80. The van der Waals surface area contributed by atoms with E-state index in [4.69, 9.17) is 4.74 Å². The fraction of sp³-hybridized carbons (Fsp3) is 0.667. The maximum absolute atomic E-state index is 5.42. The van der Waals surface area contributed by atoms with Crippen LogP contribution >= 0.6 is 15.9 Å². The van der Waals surface area contributed by atoms with Crippen LogP contribution in [0.2, 0.25) is 0 Å². The summed E-state index contributed by atoms with van der Waals surface area (Å²) >= 11 is 3.57. The van der Waals surface area contributed by atoms with E-state index in [9.17, 15) is 0 Å². The fourth-order valence-electron chi connectivity index (χ4n) is 2.12. The van der Waals surface area contributed by atoms with Gasteiger partial charge < -0.3 is 9.64 Å². The Bertz CT molecular complexity index is 361. The van der Waals surface area contributed by atoms with E-state index >= 15 is 0 Å². The minimum atomic E-state index is 0.501. The van der Waals surface area contributed by atoms with Gasteiger partial charge in [-0.3, -0.25) is 0 Å². The highest BCUT2D eigenvalue weighted by Gasteiger charge is 2.23. The SMILES string of the molecule is CCOc1ccnc(N2CCCCC2CBr)n1. The second kappa shape index (κ2) is 6.19. The quantitative estimate of drug-likeness (QED) is 0.801. The Labute approximate surface area is 111 Å². The highest BCUT2D eigenvalue weighted by atomic mass is 79.9. The lowest BCUT2D eigenvalue weighted by Gasteiger charge is -2.34. The molecule has 0 aliphatic carbocycles. The van der Waals surface area contributed by atoms with Crippen LogP contribution in [0.5, 0.6) is 5.88 Å². The van der Waals surface area contributed by atoms with Gasteiger partial charge in [-0.05, 0) is 26.2 Å². The van der Waals surface area contributed by atoms with Gasteiger partial charge in [-0.1, -0.05) is 15.9 Å². The minimum absolute atomic E-state index is 0.501. The average Bonchev–Trinajstić information content (AvgIpc) is 2.39. The Kier molecular flexibility index (Phi) is 4.59. The molecule has 0 aromatic carbocycles. The first-order chi connectivity index (χ1) is 8.35. The molecule has 1 aromatic rings. The molecule has 1 saturated heterocycles. The summed E-state index contributed by atoms with van der Waals surface area (Å²) in [6.45, 7) is 3.63. The van der Waals surface area contributed by atoms with Crippen LogP contribution < -0.4 is 9.64 Å². The van der Waals surface area contributed by atoms with Crippen molar-refractivity contribution in [2.75, 3.05) is 23.4 Å². The van der Waals surface area contributed by atoms with Gasteiger partial charge in [0.05, 0.1) is 6.61 Å². The normalized spacial score (nSPS) is 20.4. The number of nitrogens with zero attached hydrogens (tertiary/aromatic N) is 3. The Morgan fingerprint density at radius 2 is 2.41 bits per heavy atom. The van der Waals surface area contributed by atoms with Gasteiger partial charge in [-0.15, -0.1) is 0 Å². The van der Waals surface area contributed by atoms with Gasteiger partial charge in [0.15, 0.2) is 0 Å². The maximum atomic E-state index is 5.42. The summed E-state index contributed by atoms with van der Waals surface area (Å²) in [5, 5.41) is 0.967. The zero-order valence-electron chi connectivity index (χ0n) is 10.1. The van der Waals surface area contributed by atoms with E-state index in [0.717, 1.165) is 17.8 Å². The van der Waals surface area contributed by atoms with Crippen LogP contribution in [0.4, 0.5) is 5.95 Å². The molecule has 5 heteroatoms. The molecular weight excluding hydrogens is 282 g/mol. The number of rotatable bonds is 4. The summed E-state index contributed by atoms with van der Waals surface area (Å²) in [7, 11) is 0. The van der Waals surface area contributed by atoms with Crippen molar-refractivity contribution in [2.24, 2.45) is 0 Å². The molecule has 0 radical (unpaired) electrons. The smallest absolute Gasteiger partial charge is 0.228 e. The van der Waals surface area contributed by atoms with Crippen LogP contribution in [-0.2, 0) is 0 Å². The number of hydrogen-bond acceptors (Lipinski definition) is 4. The molecule has 1 fully saturated rings. The summed E-state index contributed by atoms with van der Waals surface area (Å²) < 4.78 is 5.42. The first-order valence-electron chi connectivity index (χ1n) is 6.13. The van der Waals surface area contributed by atoms with Crippen molar-refractivity contribution in [3.05, 3.63) is 12.3 Å². The predicted octanol–water partition coefficient (Wildman–Crippen LogP) is 2.63. The van der Waals surface area contributed by atoms with Gasteiger partial charge in [0.1, 0.15) is 0 Å². The van der Waals surface area contributed by atoms with Crippen molar-refractivity contribution in [3.8, 4) is 5.88 Å². The molecule has 1 atom stereocenters. The van der Waals surface area contributed by atoms with Crippen LogP contribution in [0.15, 0.2) is 12.3 Å². The van der Waals surface area contributed by atoms with Gasteiger partial charge >= 0.3 is 0 Å². The summed E-state index contributed by atoms with van der Waals surface area (Å²) in [6.07, 6.45) is 5.48. The molecular formula is C12H18BrN3O. The highest BCUT2D eigenvalue weighted by molar-refractivity contribution is 9.09. The molecule has 0 amide bonds. The van der Waals surface area contributed by atoms with E-state index in [1.165, 1.54) is 19.3 Å². The molecule has 0 N–H and O–H groups in total. The van der Waals surface area contributed by atoms with Crippen molar-refractivity contribution in [2.45, 2.75) is 32.2 Å². The van der Waals surface area contributed by atoms with E-state index in [0.29, 0.717) is 18.5 Å². The topological polar surface area (TPSA) is 38.2 Å². The van der Waals surface area contributed by atoms with Crippen LogP contribution in [0.3, 0.4) is 0 Å². The number of ether oxygens (including phenoxy) is 1. The van der Waals surface area contributed by atoms with Crippen LogP contribution in [-0.4, -0.2) is 34.5 Å². The number of alkyl halides is 1. The third-order valence-electron chi connectivity index (χ3n) is 2.97. The largest absolute Gasteiger partial charge is 0.478 e. The molecule has 94 valence electrons. The van der Waals surface area contributed by atoms with Crippen LogP contribution in [0.25, 0.3) is 0 Å². The summed E-state index contributed by atoms with van der Waals surface area (Å²) in [5.41, 5.74) is 0. The maximum Gasteiger partial charge on any atom is 0.228 e. The van der Waals surface area contributed by atoms with Crippen molar-refractivity contribution < 1.29 is 4.74 Å². The lowest BCUT2D eigenvalue weighted by Crippen LogP contribution is -2.41. The van der Waals surface area contributed by atoms with E-state index in [-0.39, 0.29) is 0 Å². The van der Waals surface area contributed by atoms with Gasteiger partial charge in [0.2, 0.25) is 11.8 Å². The summed E-state index contributed by atoms with van der Waals surface area (Å²) in [4.78, 5) is 11.1. The lowest BCUT2D eigenvalue weighted by molar-refractivity contribution is 0.325. The van der Waals surface area contributed by atoms with E-state index in [1.54, 1.807) is 12.3 Å². The molecule has 0 saturated carbocycles. The lowest BCUT2D eigenvalue weighted by atomic mass is 10.0. The van der Waals surface area contributed by atoms with Gasteiger partial charge in [0.25, 0.3) is 0 Å². The van der Waals surface area contributed by atoms with Crippen molar-refractivity contribution >= 4 is 21.9 Å². The Morgan fingerprint density at radius 1 is 1.53 bits per heavy atom. The number of halogens is 1. The third-order valence-corrected chi connectivity index (χ3v) is 3.72. The summed E-state index contributed by atoms with van der Waals surface area (Å²) in [5.74, 6) is 1.46. The average molecular weight is 300 g/mol. The van der Waals surface area contributed by atoms with Crippen molar-refractivity contribution in [1.29, 1.82) is 0 Å². The minimum Gasteiger partial charge on any atom is -0.478 e. The molecule has 2 rings (SSSR count). The zero-order chi connectivity index (χ0) is 12.1. The van der Waals surface area contributed by atoms with Crippen LogP contribution in [0.1, 0.15) is 26.2 Å². The Balaban J connectivity index is 2.16. The molecule has 1 aromatic heterocycles. The number of aromatic nitrogens is 2. The first-order valence-corrected chi connectivity index (χ1v) is 7.25. The molecule has 1 aliphatic rings. The number of piperidine rings is 1. The van der Waals surface area contributed by atoms with E-state index < -0.39 is 0 Å². The first kappa shape index (κ1) is 12.6. The standard InChI is InChI=1S/C12H18BrN3O/c1-2-17-11-6-7-14-12(15-11)16-8-4-3-5-10(16)9-13/h6-7,10H,2-5,8-9H2,1H3. The molecule has 0 bridgehead atoms. The second-order valence-electron chi connectivity index (χ2n) is 4.13. The summed E-state index contributed by atoms with van der Waals surface area (Å²) in [6, 6.07) is 2.31. The highest BCUT2D eigenvalue weighted by Crippen LogP contribution is 2.23. The van der Waals surface area contributed by atoms with Gasteiger partial charge in [-0.25, -0.2) is 4.98 Å². The van der Waals surface area contributed by atoms with E-state index in [2.05, 4.69) is 30.8 Å². The monoisotopic (exact) mass is 299 g/mol. The Morgan fingerprint density at radius 3 is 3.18 bits per heavy atom. The molecule has 17 heavy (non-hydrogen) atoms. The van der Waals surface area contributed by atoms with Crippen molar-refractivity contribution in [3.63, 3.8) is 0 Å². The molecule has 1 unspecified atom stereocenters. The van der Waals surface area contributed by atoms with Gasteiger partial charge in [-0.2, -0.15) is 4.98 Å². The Hall–Kier alpha value is -0.840. The molecule has 0 spiro atoms. The van der Waals surface area contributed by atoms with E-state index in [1.807, 2.05) is 6.92 Å². The third kappa shape index (κ3) is 3.09. The second-order valence-corrected chi connectivity index (χ2v) is 4.77. The van der Waals surface area contributed by atoms with Crippen LogP contribution in [0, 0.1) is 0 Å². The molecule has 1 aliphatic heterocycles. The zero-order valence-corrected chi connectivity index (χ0v) is 11.7. The number of anilines is 1. The predicted molar refractivity (Wildman–Crippen MR) is 72.0 cm³/mol. The van der Waals surface area contributed by atoms with Gasteiger partial charge in [0, 0.05) is 30.2 Å². The molecule has 4 nitrogen and oxygen atoms in total. The molecule has 2 heterocycles. The van der Waals surface area contributed by atoms with Crippen molar-refractivity contribution in [1.82, 2.24) is 9.97 Å².